The van der Waals surface area contributed by atoms with E-state index < -0.39 is 0 Å². The third kappa shape index (κ3) is 4.07. The number of benzene rings is 3. The number of Topliss-reactive ketones (excluding diaryl/α,β-unsaturated/α-hetero) is 1. The van der Waals surface area contributed by atoms with Gasteiger partial charge in [-0.3, -0.25) is 4.79 Å². The average molecular weight is 473 g/mol. The number of carbonyl (C=O) groups excluding carboxylic acids is 1. The maximum atomic E-state index is 12.6. The molecule has 0 radical (unpaired) electrons. The second-order valence-electron chi connectivity index (χ2n) is 7.32. The quantitative estimate of drug-likeness (QED) is 0.249. The summed E-state index contributed by atoms with van der Waals surface area (Å²) >= 11 is 3.40. The second kappa shape index (κ2) is 8.32. The van der Waals surface area contributed by atoms with Crippen LogP contribution in [0, 0.1) is 0 Å². The van der Waals surface area contributed by atoms with Crippen LogP contribution in [0.4, 0.5) is 0 Å². The lowest BCUT2D eigenvalue weighted by molar-refractivity contribution is -0.683. The number of halogens is 1. The summed E-state index contributed by atoms with van der Waals surface area (Å²) < 4.78 is 10.8. The van der Waals surface area contributed by atoms with Crippen molar-refractivity contribution in [3.8, 4) is 11.3 Å². The summed E-state index contributed by atoms with van der Waals surface area (Å²) in [4.78, 5) is 12.6. The van der Waals surface area contributed by atoms with Gasteiger partial charge in [0.05, 0.1) is 0 Å². The summed E-state index contributed by atoms with van der Waals surface area (Å²) in [5.74, 6) is 0.880. The van der Waals surface area contributed by atoms with E-state index in [1.807, 2.05) is 83.8 Å². The summed E-state index contributed by atoms with van der Waals surface area (Å²) in [6.45, 7) is 0.778. The van der Waals surface area contributed by atoms with E-state index in [1.165, 1.54) is 0 Å². The van der Waals surface area contributed by atoms with Crippen LogP contribution in [0.5, 0.6) is 0 Å². The first-order valence-corrected chi connectivity index (χ1v) is 10.7. The molecular weight excluding hydrogens is 454 g/mol. The lowest BCUT2D eigenvalue weighted by Gasteiger charge is -2.01. The van der Waals surface area contributed by atoms with Crippen molar-refractivity contribution in [1.82, 2.24) is 9.78 Å². The number of aromatic nitrogens is 3. The number of nitrogens with zero attached hydrogens (tertiary/aromatic N) is 3. The fraction of sp³-hybridized carbons (Fsp3) is 0.0800. The van der Waals surface area contributed by atoms with Gasteiger partial charge >= 0.3 is 0 Å². The van der Waals surface area contributed by atoms with E-state index in [9.17, 15) is 4.79 Å². The van der Waals surface area contributed by atoms with Gasteiger partial charge in [0.25, 0.3) is 6.33 Å². The van der Waals surface area contributed by atoms with E-state index >= 15 is 0 Å². The fourth-order valence-corrected chi connectivity index (χ4v) is 3.92. The van der Waals surface area contributed by atoms with Gasteiger partial charge in [0.15, 0.2) is 5.78 Å². The molecule has 0 aliphatic rings. The summed E-state index contributed by atoms with van der Waals surface area (Å²) in [5, 5.41) is 5.54. The monoisotopic (exact) mass is 472 g/mol. The van der Waals surface area contributed by atoms with E-state index in [1.54, 1.807) is 10.9 Å². The van der Waals surface area contributed by atoms with E-state index in [4.69, 9.17) is 4.42 Å². The highest BCUT2D eigenvalue weighted by molar-refractivity contribution is 9.10. The zero-order valence-corrected chi connectivity index (χ0v) is 18.2. The minimum atomic E-state index is 0.0378. The SMILES string of the molecule is O=C(C[n+]1cnn(Cc2c(-c3ccccc3)oc3ccccc23)c1)c1ccc(Br)cc1. The Hall–Kier alpha value is -3.51. The molecule has 0 fully saturated rings. The predicted octanol–water partition coefficient (Wildman–Crippen LogP) is 5.28. The number of fused-ring (bicyclic) bond motifs is 1. The lowest BCUT2D eigenvalue weighted by Crippen LogP contribution is -2.35. The first-order chi connectivity index (χ1) is 15.2. The number of carbonyl (C=O) groups is 1. The number of ketones is 1. The molecule has 0 amide bonds. The Morgan fingerprint density at radius 1 is 0.968 bits per heavy atom. The van der Waals surface area contributed by atoms with Gasteiger partial charge in [0.1, 0.15) is 24.4 Å². The van der Waals surface area contributed by atoms with Gasteiger partial charge in [0, 0.05) is 31.6 Å². The highest BCUT2D eigenvalue weighted by Crippen LogP contribution is 2.33. The van der Waals surface area contributed by atoms with Crippen LogP contribution in [0.1, 0.15) is 15.9 Å². The average Bonchev–Trinajstić information content (AvgIpc) is 3.39. The summed E-state index contributed by atoms with van der Waals surface area (Å²) in [5.41, 5.74) is 3.62. The molecule has 2 aromatic heterocycles. The van der Waals surface area contributed by atoms with Crippen LogP contribution in [-0.2, 0) is 13.1 Å². The van der Waals surface area contributed by atoms with Crippen LogP contribution in [0.3, 0.4) is 0 Å². The number of para-hydroxylation sites is 1. The smallest absolute Gasteiger partial charge is 0.265 e. The van der Waals surface area contributed by atoms with Crippen molar-refractivity contribution >= 4 is 32.7 Å². The second-order valence-corrected chi connectivity index (χ2v) is 8.23. The Kier molecular flexibility index (Phi) is 5.22. The van der Waals surface area contributed by atoms with Gasteiger partial charge in [-0.25, -0.2) is 4.57 Å². The van der Waals surface area contributed by atoms with Crippen LogP contribution < -0.4 is 4.57 Å². The predicted molar refractivity (Wildman–Crippen MR) is 122 cm³/mol. The molecule has 0 aliphatic carbocycles. The van der Waals surface area contributed by atoms with Gasteiger partial charge in [0.2, 0.25) is 6.33 Å². The molecule has 152 valence electrons. The van der Waals surface area contributed by atoms with Crippen LogP contribution in [0.15, 0.2) is 100 Å². The van der Waals surface area contributed by atoms with Crippen molar-refractivity contribution in [3.63, 3.8) is 0 Å². The molecule has 0 N–H and O–H groups in total. The molecular formula is C25H19BrN3O2+. The van der Waals surface area contributed by atoms with Gasteiger partial charge in [-0.1, -0.05) is 76.6 Å². The van der Waals surface area contributed by atoms with Gasteiger partial charge < -0.3 is 4.42 Å². The Morgan fingerprint density at radius 3 is 2.52 bits per heavy atom. The molecule has 0 atom stereocenters. The molecule has 5 nitrogen and oxygen atoms in total. The van der Waals surface area contributed by atoms with Crippen molar-refractivity contribution in [2.45, 2.75) is 13.1 Å². The molecule has 31 heavy (non-hydrogen) atoms. The molecule has 0 unspecified atom stereocenters. The molecule has 0 spiro atoms. The summed E-state index contributed by atoms with van der Waals surface area (Å²) in [7, 11) is 0. The third-order valence-corrected chi connectivity index (χ3v) is 5.71. The molecule has 3 aromatic carbocycles. The third-order valence-electron chi connectivity index (χ3n) is 5.18. The van der Waals surface area contributed by atoms with Gasteiger partial charge in [-0.05, 0) is 18.2 Å². The van der Waals surface area contributed by atoms with E-state index in [0.717, 1.165) is 32.3 Å². The molecule has 5 rings (SSSR count). The van der Waals surface area contributed by atoms with Crippen molar-refractivity contribution < 1.29 is 13.8 Å². The molecule has 0 saturated carbocycles. The minimum Gasteiger partial charge on any atom is -0.456 e. The zero-order chi connectivity index (χ0) is 21.2. The Labute approximate surface area is 187 Å². The molecule has 5 aromatic rings. The summed E-state index contributed by atoms with van der Waals surface area (Å²) in [6.07, 6.45) is 3.54. The molecule has 0 bridgehead atoms. The summed E-state index contributed by atoms with van der Waals surface area (Å²) in [6, 6.07) is 25.5. The first-order valence-electron chi connectivity index (χ1n) is 9.93. The van der Waals surface area contributed by atoms with Crippen molar-refractivity contribution in [2.24, 2.45) is 0 Å². The van der Waals surface area contributed by atoms with Crippen LogP contribution in [0.2, 0.25) is 0 Å². The Balaban J connectivity index is 1.43. The van der Waals surface area contributed by atoms with Crippen LogP contribution >= 0.6 is 15.9 Å². The number of hydrogen-bond acceptors (Lipinski definition) is 3. The standard InChI is InChI=1S/C25H19BrN3O2/c26-20-12-10-18(11-13-20)23(30)15-28-16-27-29(17-28)14-22-21-8-4-5-9-24(21)31-25(22)19-6-2-1-3-7-19/h1-13,16-17H,14-15H2/q+1. The van der Waals surface area contributed by atoms with Crippen molar-refractivity contribution in [1.29, 1.82) is 0 Å². The molecule has 2 heterocycles. The Bertz CT molecular complexity index is 1350. The van der Waals surface area contributed by atoms with Crippen LogP contribution in [-0.4, -0.2) is 15.6 Å². The molecule has 6 heteroatoms. The molecule has 0 saturated heterocycles. The minimum absolute atomic E-state index is 0.0378. The number of hydrogen-bond donors (Lipinski definition) is 0. The largest absolute Gasteiger partial charge is 0.456 e. The topological polar surface area (TPSA) is 51.9 Å². The van der Waals surface area contributed by atoms with E-state index in [-0.39, 0.29) is 12.3 Å². The van der Waals surface area contributed by atoms with Crippen molar-refractivity contribution in [3.05, 3.63) is 107 Å². The Morgan fingerprint density at radius 2 is 1.71 bits per heavy atom. The normalized spacial score (nSPS) is 11.1. The maximum absolute atomic E-state index is 12.6. The van der Waals surface area contributed by atoms with Crippen molar-refractivity contribution in [2.75, 3.05) is 0 Å². The first kappa shape index (κ1) is 19.5. The highest BCUT2D eigenvalue weighted by Gasteiger charge is 2.19. The van der Waals surface area contributed by atoms with E-state index in [2.05, 4.69) is 27.1 Å². The number of furan rings is 1. The highest BCUT2D eigenvalue weighted by atomic mass is 79.9. The van der Waals surface area contributed by atoms with E-state index in [0.29, 0.717) is 12.1 Å². The molecule has 0 aliphatic heterocycles. The maximum Gasteiger partial charge on any atom is 0.265 e. The van der Waals surface area contributed by atoms with Gasteiger partial charge in [-0.15, -0.1) is 4.68 Å². The van der Waals surface area contributed by atoms with Gasteiger partial charge in [-0.2, -0.15) is 0 Å². The van der Waals surface area contributed by atoms with Crippen LogP contribution in [0.25, 0.3) is 22.3 Å². The lowest BCUT2D eigenvalue weighted by atomic mass is 10.1. The number of rotatable bonds is 6. The zero-order valence-electron chi connectivity index (χ0n) is 16.6. The fourth-order valence-electron chi connectivity index (χ4n) is 3.66.